The molecule has 1 aliphatic heterocycles. The fourth-order valence-electron chi connectivity index (χ4n) is 2.16. The highest BCUT2D eigenvalue weighted by Gasteiger charge is 2.18. The molecule has 97 valence electrons. The quantitative estimate of drug-likeness (QED) is 0.784. The Hall–Kier alpha value is -1.75. The fraction of sp³-hybridized carbons (Fsp3) is 0.462. The minimum absolute atomic E-state index is 0.246. The van der Waals surface area contributed by atoms with Gasteiger partial charge in [0.2, 0.25) is 0 Å². The van der Waals surface area contributed by atoms with Gasteiger partial charge >= 0.3 is 0 Å². The van der Waals surface area contributed by atoms with Crippen LogP contribution in [0.3, 0.4) is 0 Å². The topological polar surface area (TPSA) is 56.6 Å². The molecule has 0 aliphatic carbocycles. The number of nitrogens with zero attached hydrogens (tertiary/aromatic N) is 2. The van der Waals surface area contributed by atoms with Crippen LogP contribution in [0.25, 0.3) is 0 Å². The number of carbonyl (C=O) groups excluding carboxylic acids is 1. The highest BCUT2D eigenvalue weighted by atomic mass is 16.5. The van der Waals surface area contributed by atoms with Crippen molar-refractivity contribution in [1.82, 2.24) is 10.6 Å². The minimum atomic E-state index is -0.507. The van der Waals surface area contributed by atoms with Crippen molar-refractivity contribution in [1.29, 1.82) is 0 Å². The zero-order valence-corrected chi connectivity index (χ0v) is 10.6. The maximum Gasteiger partial charge on any atom is 0.252 e. The zero-order valence-electron chi connectivity index (χ0n) is 10.6. The number of piperazine rings is 1. The van der Waals surface area contributed by atoms with E-state index < -0.39 is 5.91 Å². The molecule has 2 rings (SSSR count). The van der Waals surface area contributed by atoms with E-state index in [1.807, 2.05) is 29.2 Å². The van der Waals surface area contributed by atoms with Gasteiger partial charge in [-0.05, 0) is 24.3 Å². The van der Waals surface area contributed by atoms with Crippen LogP contribution in [0.1, 0.15) is 0 Å². The number of rotatable bonds is 4. The van der Waals surface area contributed by atoms with E-state index in [0.29, 0.717) is 0 Å². The molecule has 1 N–H and O–H groups in total. The van der Waals surface area contributed by atoms with Crippen LogP contribution >= 0.6 is 0 Å². The van der Waals surface area contributed by atoms with Gasteiger partial charge in [0.25, 0.3) is 5.91 Å². The van der Waals surface area contributed by atoms with Crippen LogP contribution in [0.2, 0.25) is 0 Å². The summed E-state index contributed by atoms with van der Waals surface area (Å²) in [5, 5.41) is 0. The second-order valence-corrected chi connectivity index (χ2v) is 4.38. The maximum absolute atomic E-state index is 10.7. The molecule has 1 aromatic carbocycles. The van der Waals surface area contributed by atoms with Crippen molar-refractivity contribution >= 4 is 11.6 Å². The third-order valence-corrected chi connectivity index (χ3v) is 3.18. The Morgan fingerprint density at radius 1 is 1.22 bits per heavy atom. The Balaban J connectivity index is 1.90. The maximum atomic E-state index is 10.7. The summed E-state index contributed by atoms with van der Waals surface area (Å²) in [5.74, 6) is 0.352. The van der Waals surface area contributed by atoms with Crippen LogP contribution in [-0.4, -0.2) is 50.6 Å². The van der Waals surface area contributed by atoms with E-state index in [9.17, 15) is 4.79 Å². The second kappa shape index (κ2) is 5.73. The number of ether oxygens (including phenoxy) is 1. The lowest BCUT2D eigenvalue weighted by Gasteiger charge is -2.35. The van der Waals surface area contributed by atoms with Crippen molar-refractivity contribution in [2.75, 3.05) is 44.7 Å². The third kappa shape index (κ3) is 3.13. The smallest absolute Gasteiger partial charge is 0.252 e. The van der Waals surface area contributed by atoms with Gasteiger partial charge in [0, 0.05) is 31.9 Å². The summed E-state index contributed by atoms with van der Waals surface area (Å²) in [6.07, 6.45) is 0. The molecular formula is C13H18N3O2. The van der Waals surface area contributed by atoms with E-state index in [1.165, 1.54) is 5.69 Å². The van der Waals surface area contributed by atoms with E-state index in [4.69, 9.17) is 10.5 Å². The molecular weight excluding hydrogens is 230 g/mol. The van der Waals surface area contributed by atoms with Gasteiger partial charge in [-0.3, -0.25) is 15.4 Å². The summed E-state index contributed by atoms with van der Waals surface area (Å²) in [5.41, 5.74) is 8.14. The largest absolute Gasteiger partial charge is 0.497 e. The van der Waals surface area contributed by atoms with Crippen molar-refractivity contribution in [3.63, 3.8) is 0 Å². The Morgan fingerprint density at radius 2 is 1.83 bits per heavy atom. The first kappa shape index (κ1) is 12.7. The lowest BCUT2D eigenvalue weighted by Crippen LogP contribution is -2.48. The van der Waals surface area contributed by atoms with Crippen molar-refractivity contribution < 1.29 is 9.53 Å². The van der Waals surface area contributed by atoms with Gasteiger partial charge in [0.05, 0.1) is 13.7 Å². The van der Waals surface area contributed by atoms with Crippen molar-refractivity contribution in [3.05, 3.63) is 24.3 Å². The average Bonchev–Trinajstić information content (AvgIpc) is 2.39. The van der Waals surface area contributed by atoms with Crippen LogP contribution in [0.15, 0.2) is 24.3 Å². The molecule has 1 fully saturated rings. The van der Waals surface area contributed by atoms with Crippen molar-refractivity contribution in [2.45, 2.75) is 0 Å². The molecule has 0 spiro atoms. The molecule has 18 heavy (non-hydrogen) atoms. The number of hydrogen-bond acceptors (Lipinski definition) is 4. The average molecular weight is 248 g/mol. The Bertz CT molecular complexity index is 397. The molecule has 1 amide bonds. The summed E-state index contributed by atoms with van der Waals surface area (Å²) in [6.45, 7) is 3.68. The number of anilines is 1. The van der Waals surface area contributed by atoms with Gasteiger partial charge in [-0.15, -0.1) is 0 Å². The van der Waals surface area contributed by atoms with Crippen molar-refractivity contribution in [3.8, 4) is 5.75 Å². The summed E-state index contributed by atoms with van der Waals surface area (Å²) < 4.78 is 5.13. The molecule has 1 heterocycles. The lowest BCUT2D eigenvalue weighted by molar-refractivity contribution is -0.119. The number of carbonyl (C=O) groups is 1. The van der Waals surface area contributed by atoms with Crippen LogP contribution in [0, 0.1) is 0 Å². The van der Waals surface area contributed by atoms with E-state index in [0.717, 1.165) is 31.9 Å². The molecule has 1 saturated heterocycles. The SMILES string of the molecule is COc1ccc(N2CCN(CC([NH])=O)CC2)cc1. The number of methoxy groups -OCH3 is 1. The van der Waals surface area contributed by atoms with E-state index in [-0.39, 0.29) is 6.54 Å². The van der Waals surface area contributed by atoms with Crippen LogP contribution in [0.4, 0.5) is 5.69 Å². The first-order valence-corrected chi connectivity index (χ1v) is 6.05. The Kier molecular flexibility index (Phi) is 4.04. The van der Waals surface area contributed by atoms with E-state index >= 15 is 0 Å². The number of hydrogen-bond donors (Lipinski definition) is 0. The number of nitrogens with one attached hydrogen (secondary N) is 1. The second-order valence-electron chi connectivity index (χ2n) is 4.38. The normalized spacial score (nSPS) is 16.6. The molecule has 0 bridgehead atoms. The van der Waals surface area contributed by atoms with Gasteiger partial charge in [-0.1, -0.05) is 0 Å². The molecule has 0 atom stereocenters. The predicted octanol–water partition coefficient (Wildman–Crippen LogP) is 0.627. The molecule has 0 saturated carbocycles. The highest BCUT2D eigenvalue weighted by molar-refractivity contribution is 5.75. The van der Waals surface area contributed by atoms with E-state index in [1.54, 1.807) is 7.11 Å². The lowest BCUT2D eigenvalue weighted by atomic mass is 10.2. The molecule has 1 aromatic rings. The molecule has 1 radical (unpaired) electrons. The number of amides is 1. The van der Waals surface area contributed by atoms with Gasteiger partial charge < -0.3 is 9.64 Å². The summed E-state index contributed by atoms with van der Waals surface area (Å²) in [4.78, 5) is 15.0. The third-order valence-electron chi connectivity index (χ3n) is 3.18. The standard InChI is InChI=1S/C13H18N3O2/c1-18-12-4-2-11(3-5-12)16-8-6-15(7-9-16)10-13(14)17/h2-5,14H,6-10H2,1H3. The first-order valence-electron chi connectivity index (χ1n) is 6.05. The minimum Gasteiger partial charge on any atom is -0.497 e. The molecule has 5 heteroatoms. The zero-order chi connectivity index (χ0) is 13.0. The van der Waals surface area contributed by atoms with Crippen LogP contribution < -0.4 is 15.4 Å². The van der Waals surface area contributed by atoms with Gasteiger partial charge in [-0.25, -0.2) is 0 Å². The Labute approximate surface area is 107 Å². The number of benzene rings is 1. The molecule has 0 unspecified atom stereocenters. The summed E-state index contributed by atoms with van der Waals surface area (Å²) in [7, 11) is 1.66. The monoisotopic (exact) mass is 248 g/mol. The predicted molar refractivity (Wildman–Crippen MR) is 69.8 cm³/mol. The molecule has 5 nitrogen and oxygen atoms in total. The van der Waals surface area contributed by atoms with Gasteiger partial charge in [-0.2, -0.15) is 0 Å². The molecule has 1 aliphatic rings. The van der Waals surface area contributed by atoms with Crippen molar-refractivity contribution in [2.24, 2.45) is 0 Å². The van der Waals surface area contributed by atoms with Gasteiger partial charge in [0.1, 0.15) is 5.75 Å². The van der Waals surface area contributed by atoms with E-state index in [2.05, 4.69) is 4.90 Å². The molecule has 0 aromatic heterocycles. The Morgan fingerprint density at radius 3 is 2.33 bits per heavy atom. The summed E-state index contributed by atoms with van der Waals surface area (Å²) in [6, 6.07) is 8.00. The highest BCUT2D eigenvalue weighted by Crippen LogP contribution is 2.20. The van der Waals surface area contributed by atoms with Crippen LogP contribution in [0.5, 0.6) is 5.75 Å². The van der Waals surface area contributed by atoms with Crippen LogP contribution in [-0.2, 0) is 4.79 Å². The summed E-state index contributed by atoms with van der Waals surface area (Å²) >= 11 is 0. The first-order chi connectivity index (χ1) is 8.69. The van der Waals surface area contributed by atoms with Gasteiger partial charge in [0.15, 0.2) is 0 Å². The fourth-order valence-corrected chi connectivity index (χ4v) is 2.16.